The van der Waals surface area contributed by atoms with Gasteiger partial charge in [0.1, 0.15) is 0 Å². The maximum absolute atomic E-state index is 5.87. The zero-order valence-corrected chi connectivity index (χ0v) is 16.4. The summed E-state index contributed by atoms with van der Waals surface area (Å²) < 4.78 is 5.87. The Morgan fingerprint density at radius 2 is 1.65 bits per heavy atom. The van der Waals surface area contributed by atoms with Crippen LogP contribution in [0.25, 0.3) is 0 Å². The van der Waals surface area contributed by atoms with Crippen LogP contribution in [0.4, 0.5) is 0 Å². The van der Waals surface area contributed by atoms with E-state index in [0.29, 0.717) is 0 Å². The molecule has 1 aliphatic heterocycles. The van der Waals surface area contributed by atoms with Crippen LogP contribution in [0.5, 0.6) is 0 Å². The Morgan fingerprint density at radius 3 is 2.19 bits per heavy atom. The van der Waals surface area contributed by atoms with Crippen LogP contribution in [0.15, 0.2) is 54.6 Å². The zero-order chi connectivity index (χ0) is 18.4. The van der Waals surface area contributed by atoms with Crippen LogP contribution in [0.2, 0.25) is 0 Å². The lowest BCUT2D eigenvalue weighted by Gasteiger charge is -2.40. The molecule has 2 unspecified atom stereocenters. The van der Waals surface area contributed by atoms with E-state index in [1.807, 2.05) is 0 Å². The fourth-order valence-corrected chi connectivity index (χ4v) is 3.93. The molecule has 0 amide bonds. The molecule has 0 aliphatic carbocycles. The molecule has 1 heterocycles. The molecule has 0 bridgehead atoms. The average molecular weight is 353 g/mol. The lowest BCUT2D eigenvalue weighted by molar-refractivity contribution is 0.0277. The normalized spacial score (nSPS) is 20.1. The molecule has 1 saturated heterocycles. The number of hydrogen-bond donors (Lipinski definition) is 1. The van der Waals surface area contributed by atoms with Crippen molar-refractivity contribution >= 4 is 0 Å². The third kappa shape index (κ3) is 4.53. The van der Waals surface area contributed by atoms with Crippen LogP contribution < -0.4 is 5.32 Å². The first-order chi connectivity index (χ1) is 12.6. The van der Waals surface area contributed by atoms with Crippen molar-refractivity contribution < 1.29 is 4.74 Å². The Balaban J connectivity index is 1.76. The highest BCUT2D eigenvalue weighted by Crippen LogP contribution is 2.28. The van der Waals surface area contributed by atoms with Crippen LogP contribution >= 0.6 is 0 Å². The largest absolute Gasteiger partial charge is 0.371 e. The molecule has 0 saturated carbocycles. The average Bonchev–Trinajstić information content (AvgIpc) is 2.69. The topological polar surface area (TPSA) is 24.5 Å². The van der Waals surface area contributed by atoms with Crippen LogP contribution in [0.3, 0.4) is 0 Å². The molecule has 140 valence electrons. The Labute approximate surface area is 158 Å². The lowest BCUT2D eigenvalue weighted by Crippen LogP contribution is -2.47. The van der Waals surface area contributed by atoms with Crippen molar-refractivity contribution in [2.75, 3.05) is 33.8 Å². The van der Waals surface area contributed by atoms with E-state index in [9.17, 15) is 0 Å². The minimum absolute atomic E-state index is 0.131. The summed E-state index contributed by atoms with van der Waals surface area (Å²) in [6, 6.07) is 19.9. The molecule has 1 fully saturated rings. The number of benzene rings is 2. The molecule has 26 heavy (non-hydrogen) atoms. The molecule has 2 atom stereocenters. The van der Waals surface area contributed by atoms with E-state index >= 15 is 0 Å². The monoisotopic (exact) mass is 352 g/mol. The van der Waals surface area contributed by atoms with Crippen molar-refractivity contribution in [3.8, 4) is 0 Å². The molecule has 3 rings (SSSR count). The molecule has 3 heteroatoms. The molecule has 2 aromatic carbocycles. The maximum atomic E-state index is 5.87. The van der Waals surface area contributed by atoms with Crippen molar-refractivity contribution in [2.45, 2.75) is 37.8 Å². The molecule has 0 aromatic heterocycles. The van der Waals surface area contributed by atoms with Crippen LogP contribution in [0, 0.1) is 0 Å². The molecule has 0 spiro atoms. The van der Waals surface area contributed by atoms with E-state index in [1.54, 1.807) is 0 Å². The molecule has 1 N–H and O–H groups in total. The predicted molar refractivity (Wildman–Crippen MR) is 109 cm³/mol. The Morgan fingerprint density at radius 1 is 1.00 bits per heavy atom. The molecule has 1 aliphatic rings. The van der Waals surface area contributed by atoms with Crippen LogP contribution in [0.1, 0.15) is 36.1 Å². The van der Waals surface area contributed by atoms with Crippen LogP contribution in [-0.2, 0) is 17.6 Å². The summed E-state index contributed by atoms with van der Waals surface area (Å²) in [6.45, 7) is 4.96. The van der Waals surface area contributed by atoms with Crippen molar-refractivity contribution in [1.29, 1.82) is 0 Å². The SMILES string of the molecule is CCC(Cc1ccccc1)(Cc1ccc(C2CNCCO2)cc1)N(C)C. The third-order valence-electron chi connectivity index (χ3n) is 5.80. The molecule has 3 nitrogen and oxygen atoms in total. The fraction of sp³-hybridized carbons (Fsp3) is 0.478. The predicted octanol–water partition coefficient (Wildman–Crippen LogP) is 3.84. The lowest BCUT2D eigenvalue weighted by atomic mass is 9.81. The zero-order valence-electron chi connectivity index (χ0n) is 16.4. The van der Waals surface area contributed by atoms with Gasteiger partial charge in [0.25, 0.3) is 0 Å². The summed E-state index contributed by atoms with van der Waals surface area (Å²) in [5, 5.41) is 3.41. The number of nitrogens with zero attached hydrogens (tertiary/aromatic N) is 1. The summed E-state index contributed by atoms with van der Waals surface area (Å²) in [7, 11) is 4.42. The molecule has 2 aromatic rings. The van der Waals surface area contributed by atoms with Gasteiger partial charge in [0.2, 0.25) is 0 Å². The summed E-state index contributed by atoms with van der Waals surface area (Å²) in [6.07, 6.45) is 3.42. The summed E-state index contributed by atoms with van der Waals surface area (Å²) in [4.78, 5) is 2.40. The van der Waals surface area contributed by atoms with Gasteiger partial charge in [-0.3, -0.25) is 0 Å². The number of likely N-dealkylation sites (N-methyl/N-ethyl adjacent to an activating group) is 1. The molecular formula is C23H32N2O. The highest BCUT2D eigenvalue weighted by atomic mass is 16.5. The first kappa shape index (κ1) is 19.1. The number of ether oxygens (including phenoxy) is 1. The van der Waals surface area contributed by atoms with E-state index in [1.165, 1.54) is 16.7 Å². The standard InChI is InChI=1S/C23H32N2O/c1-4-23(25(2)3,16-19-8-6-5-7-9-19)17-20-10-12-21(13-11-20)22-18-24-14-15-26-22/h5-13,22,24H,4,14-18H2,1-3H3. The van der Waals surface area contributed by atoms with Crippen molar-refractivity contribution in [3.05, 3.63) is 71.3 Å². The number of nitrogens with one attached hydrogen (secondary N) is 1. The second-order valence-electron chi connectivity index (χ2n) is 7.62. The van der Waals surface area contributed by atoms with Gasteiger partial charge in [0.15, 0.2) is 0 Å². The van der Waals surface area contributed by atoms with E-state index in [0.717, 1.165) is 39.0 Å². The minimum atomic E-state index is 0.131. The maximum Gasteiger partial charge on any atom is 0.0949 e. The summed E-state index contributed by atoms with van der Waals surface area (Å²) >= 11 is 0. The van der Waals surface area contributed by atoms with Crippen molar-refractivity contribution in [3.63, 3.8) is 0 Å². The number of morpholine rings is 1. The van der Waals surface area contributed by atoms with Gasteiger partial charge in [0.05, 0.1) is 12.7 Å². The number of rotatable bonds is 7. The summed E-state index contributed by atoms with van der Waals surface area (Å²) in [5.74, 6) is 0. The Hall–Kier alpha value is -1.68. The second-order valence-corrected chi connectivity index (χ2v) is 7.62. The minimum Gasteiger partial charge on any atom is -0.371 e. The van der Waals surface area contributed by atoms with Gasteiger partial charge in [-0.1, -0.05) is 61.5 Å². The van der Waals surface area contributed by atoms with E-state index in [4.69, 9.17) is 4.74 Å². The quantitative estimate of drug-likeness (QED) is 0.819. The first-order valence-electron chi connectivity index (χ1n) is 9.75. The number of hydrogen-bond acceptors (Lipinski definition) is 3. The molecular weight excluding hydrogens is 320 g/mol. The summed E-state index contributed by atoms with van der Waals surface area (Å²) in [5.41, 5.74) is 4.20. The first-order valence-corrected chi connectivity index (χ1v) is 9.75. The fourth-order valence-electron chi connectivity index (χ4n) is 3.93. The van der Waals surface area contributed by atoms with Gasteiger partial charge in [-0.15, -0.1) is 0 Å². The second kappa shape index (κ2) is 8.81. The van der Waals surface area contributed by atoms with Crippen LogP contribution in [-0.4, -0.2) is 44.2 Å². The van der Waals surface area contributed by atoms with Crippen molar-refractivity contribution in [2.24, 2.45) is 0 Å². The van der Waals surface area contributed by atoms with E-state index < -0.39 is 0 Å². The smallest absolute Gasteiger partial charge is 0.0949 e. The van der Waals surface area contributed by atoms with Gasteiger partial charge in [-0.05, 0) is 50.0 Å². The van der Waals surface area contributed by atoms with Gasteiger partial charge in [0, 0.05) is 18.6 Å². The highest BCUT2D eigenvalue weighted by Gasteiger charge is 2.31. The highest BCUT2D eigenvalue weighted by molar-refractivity contribution is 5.27. The molecule has 0 radical (unpaired) electrons. The van der Waals surface area contributed by atoms with Gasteiger partial charge in [-0.25, -0.2) is 0 Å². The van der Waals surface area contributed by atoms with Gasteiger partial charge < -0.3 is 15.0 Å². The Bertz CT molecular complexity index is 662. The van der Waals surface area contributed by atoms with E-state index in [2.05, 4.69) is 85.8 Å². The van der Waals surface area contributed by atoms with Gasteiger partial charge in [-0.2, -0.15) is 0 Å². The Kier molecular flexibility index (Phi) is 6.47. The van der Waals surface area contributed by atoms with Gasteiger partial charge >= 0.3 is 0 Å². The van der Waals surface area contributed by atoms with E-state index in [-0.39, 0.29) is 11.6 Å². The van der Waals surface area contributed by atoms with Crippen molar-refractivity contribution in [1.82, 2.24) is 10.2 Å². The third-order valence-corrected chi connectivity index (χ3v) is 5.80.